The summed E-state index contributed by atoms with van der Waals surface area (Å²) in [6, 6.07) is 72.6. The maximum absolute atomic E-state index is 2.46. The van der Waals surface area contributed by atoms with Crippen LogP contribution in [0.25, 0.3) is 110 Å². The smallest absolute Gasteiger partial charge is 0.0159 e. The van der Waals surface area contributed by atoms with E-state index in [0.29, 0.717) is 0 Å². The Bertz CT molecular complexity index is 3300. The highest BCUT2D eigenvalue weighted by Gasteiger charge is 2.36. The molecule has 0 spiro atoms. The molecule has 12 rings (SSSR count). The molecule has 0 atom stereocenters. The zero-order valence-electron chi connectivity index (χ0n) is 32.0. The quantitative estimate of drug-likeness (QED) is 0.170. The van der Waals surface area contributed by atoms with Gasteiger partial charge in [-0.2, -0.15) is 0 Å². The van der Waals surface area contributed by atoms with Gasteiger partial charge in [-0.1, -0.05) is 184 Å². The van der Waals surface area contributed by atoms with Gasteiger partial charge in [-0.15, -0.1) is 0 Å². The van der Waals surface area contributed by atoms with Crippen molar-refractivity contribution in [3.63, 3.8) is 0 Å². The van der Waals surface area contributed by atoms with Crippen molar-refractivity contribution in [1.29, 1.82) is 0 Å². The van der Waals surface area contributed by atoms with Crippen molar-refractivity contribution in [2.45, 2.75) is 19.3 Å². The molecule has 10 aromatic carbocycles. The summed E-state index contributed by atoms with van der Waals surface area (Å²) in [4.78, 5) is 0. The summed E-state index contributed by atoms with van der Waals surface area (Å²) in [6.07, 6.45) is 0. The van der Waals surface area contributed by atoms with Gasteiger partial charge < -0.3 is 0 Å². The van der Waals surface area contributed by atoms with Gasteiger partial charge in [0.05, 0.1) is 0 Å². The molecule has 0 heterocycles. The lowest BCUT2D eigenvalue weighted by Gasteiger charge is -2.23. The molecule has 57 heavy (non-hydrogen) atoms. The second-order valence-electron chi connectivity index (χ2n) is 16.4. The summed E-state index contributed by atoms with van der Waals surface area (Å²) in [7, 11) is 0. The molecular formula is C57H38. The maximum Gasteiger partial charge on any atom is 0.0159 e. The average molecular weight is 723 g/mol. The largest absolute Gasteiger partial charge is 0.0622 e. The van der Waals surface area contributed by atoms with Crippen molar-refractivity contribution in [2.75, 3.05) is 0 Å². The lowest BCUT2D eigenvalue weighted by molar-refractivity contribution is 0.661. The Balaban J connectivity index is 1.10. The summed E-state index contributed by atoms with van der Waals surface area (Å²) in [6.45, 7) is 4.77. The van der Waals surface area contributed by atoms with Crippen LogP contribution in [0.2, 0.25) is 0 Å². The number of rotatable bonds is 4. The first-order chi connectivity index (χ1) is 28.0. The van der Waals surface area contributed by atoms with Crippen LogP contribution in [-0.4, -0.2) is 0 Å². The molecule has 0 bridgehead atoms. The molecule has 10 aromatic rings. The van der Waals surface area contributed by atoms with Crippen LogP contribution in [-0.2, 0) is 5.41 Å². The van der Waals surface area contributed by atoms with Crippen LogP contribution >= 0.6 is 0 Å². The first kappa shape index (κ1) is 32.2. The van der Waals surface area contributed by atoms with Gasteiger partial charge in [0.1, 0.15) is 0 Å². The van der Waals surface area contributed by atoms with Gasteiger partial charge in [0.15, 0.2) is 0 Å². The average Bonchev–Trinajstić information content (AvgIpc) is 3.70. The molecule has 2 aliphatic rings. The van der Waals surface area contributed by atoms with Crippen LogP contribution in [0.1, 0.15) is 25.0 Å². The van der Waals surface area contributed by atoms with Crippen LogP contribution in [0.15, 0.2) is 194 Å². The molecule has 0 N–H and O–H groups in total. The van der Waals surface area contributed by atoms with Crippen LogP contribution < -0.4 is 0 Å². The molecule has 0 saturated carbocycles. The Morgan fingerprint density at radius 1 is 0.281 bits per heavy atom. The van der Waals surface area contributed by atoms with Gasteiger partial charge >= 0.3 is 0 Å². The predicted molar refractivity (Wildman–Crippen MR) is 243 cm³/mol. The second-order valence-corrected chi connectivity index (χ2v) is 16.4. The standard InChI is InChI=1S/C57H38/c1-57(2)50-34-40(29-30-43(50)49-32-38-17-6-7-18-39(38)33-51(49)57)37-21-12-22-41(31-37)53-45-25-10-11-26-46(45)54(44-24-9-8-23-42(44)35-15-4-3-5-16-35)56-48-28-14-20-36-19-13-27-47(52(36)48)55(53)56/h3-34H,1-2H3. The Hall–Kier alpha value is -7.02. The summed E-state index contributed by atoms with van der Waals surface area (Å²) >= 11 is 0. The summed E-state index contributed by atoms with van der Waals surface area (Å²) in [5.41, 5.74) is 20.7. The second kappa shape index (κ2) is 12.0. The monoisotopic (exact) mass is 722 g/mol. The van der Waals surface area contributed by atoms with E-state index in [2.05, 4.69) is 208 Å². The van der Waals surface area contributed by atoms with Crippen LogP contribution in [0, 0.1) is 0 Å². The topological polar surface area (TPSA) is 0 Å². The van der Waals surface area contributed by atoms with Crippen LogP contribution in [0.3, 0.4) is 0 Å². The van der Waals surface area contributed by atoms with E-state index in [0.717, 1.165) is 0 Å². The highest BCUT2D eigenvalue weighted by molar-refractivity contribution is 6.28. The van der Waals surface area contributed by atoms with Gasteiger partial charge in [-0.05, 0) is 146 Å². The van der Waals surface area contributed by atoms with Crippen molar-refractivity contribution in [3.05, 3.63) is 205 Å². The van der Waals surface area contributed by atoms with Crippen molar-refractivity contribution in [1.82, 2.24) is 0 Å². The fraction of sp³-hybridized carbons (Fsp3) is 0.0526. The van der Waals surface area contributed by atoms with Gasteiger partial charge in [0.2, 0.25) is 0 Å². The Kier molecular flexibility index (Phi) is 6.78. The first-order valence-corrected chi connectivity index (χ1v) is 20.1. The molecular weight excluding hydrogens is 685 g/mol. The predicted octanol–water partition coefficient (Wildman–Crippen LogP) is 15.8. The molecule has 0 nitrogen and oxygen atoms in total. The minimum absolute atomic E-state index is 0.102. The Morgan fingerprint density at radius 3 is 1.58 bits per heavy atom. The number of fused-ring (bicyclic) bond motifs is 8. The summed E-state index contributed by atoms with van der Waals surface area (Å²) in [5.74, 6) is 0. The molecule has 0 fully saturated rings. The number of hydrogen-bond acceptors (Lipinski definition) is 0. The van der Waals surface area contributed by atoms with E-state index < -0.39 is 0 Å². The molecule has 0 aliphatic heterocycles. The summed E-state index contributed by atoms with van der Waals surface area (Å²) < 4.78 is 0. The first-order valence-electron chi connectivity index (χ1n) is 20.1. The van der Waals surface area contributed by atoms with Gasteiger partial charge in [0.25, 0.3) is 0 Å². The minimum Gasteiger partial charge on any atom is -0.0622 e. The molecule has 2 aliphatic carbocycles. The molecule has 0 unspecified atom stereocenters. The third-order valence-corrected chi connectivity index (χ3v) is 13.0. The van der Waals surface area contributed by atoms with E-state index in [1.54, 1.807) is 0 Å². The van der Waals surface area contributed by atoms with Crippen molar-refractivity contribution in [3.8, 4) is 77.9 Å². The van der Waals surface area contributed by atoms with Gasteiger partial charge in [-0.25, -0.2) is 0 Å². The van der Waals surface area contributed by atoms with Crippen LogP contribution in [0.5, 0.6) is 0 Å². The van der Waals surface area contributed by atoms with Crippen molar-refractivity contribution < 1.29 is 0 Å². The molecule has 0 heteroatoms. The SMILES string of the molecule is CC1(C)c2cc(-c3cccc(-c4c5c(c(-c6ccccc6-c6ccccc6)c6ccccc46)-c4cccc6cccc-5c46)c3)ccc2-c2cc3ccccc3cc21. The van der Waals surface area contributed by atoms with Crippen molar-refractivity contribution >= 4 is 32.3 Å². The van der Waals surface area contributed by atoms with Crippen LogP contribution in [0.4, 0.5) is 0 Å². The fourth-order valence-electron chi connectivity index (χ4n) is 10.3. The molecule has 0 aromatic heterocycles. The number of benzene rings is 10. The summed E-state index contributed by atoms with van der Waals surface area (Å²) in [5, 5.41) is 7.76. The lowest BCUT2D eigenvalue weighted by Crippen LogP contribution is -2.15. The highest BCUT2D eigenvalue weighted by Crippen LogP contribution is 2.59. The van der Waals surface area contributed by atoms with E-state index >= 15 is 0 Å². The van der Waals surface area contributed by atoms with E-state index in [9.17, 15) is 0 Å². The van der Waals surface area contributed by atoms with E-state index in [1.165, 1.54) is 121 Å². The van der Waals surface area contributed by atoms with E-state index in [-0.39, 0.29) is 5.41 Å². The van der Waals surface area contributed by atoms with Gasteiger partial charge in [0, 0.05) is 5.41 Å². The van der Waals surface area contributed by atoms with E-state index in [4.69, 9.17) is 0 Å². The molecule has 0 saturated heterocycles. The minimum atomic E-state index is -0.102. The third kappa shape index (κ3) is 4.62. The zero-order chi connectivity index (χ0) is 37.8. The Labute approximate surface area is 333 Å². The third-order valence-electron chi connectivity index (χ3n) is 13.0. The van der Waals surface area contributed by atoms with Crippen molar-refractivity contribution in [2.24, 2.45) is 0 Å². The molecule has 0 radical (unpaired) electrons. The van der Waals surface area contributed by atoms with Gasteiger partial charge in [-0.3, -0.25) is 0 Å². The zero-order valence-corrected chi connectivity index (χ0v) is 32.0. The molecule has 0 amide bonds. The molecule has 266 valence electrons. The lowest BCUT2D eigenvalue weighted by atomic mass is 9.80. The number of hydrogen-bond donors (Lipinski definition) is 0. The van der Waals surface area contributed by atoms with E-state index in [1.807, 2.05) is 0 Å². The Morgan fingerprint density at radius 2 is 0.807 bits per heavy atom. The highest BCUT2D eigenvalue weighted by atomic mass is 14.4. The maximum atomic E-state index is 2.46. The normalized spacial score (nSPS) is 13.2. The fourth-order valence-corrected chi connectivity index (χ4v) is 10.3.